The number of benzene rings is 8. The van der Waals surface area contributed by atoms with Gasteiger partial charge in [0.2, 0.25) is 0 Å². The van der Waals surface area contributed by atoms with Gasteiger partial charge in [0.1, 0.15) is 0 Å². The summed E-state index contributed by atoms with van der Waals surface area (Å²) in [5.74, 6) is 0. The van der Waals surface area contributed by atoms with Crippen molar-refractivity contribution < 1.29 is 0 Å². The first-order chi connectivity index (χ1) is 23.5. The maximum Gasteiger partial charge on any atom is 0.0992 e. The molecule has 3 nitrogen and oxygen atoms in total. The van der Waals surface area contributed by atoms with Crippen LogP contribution in [0, 0.1) is 11.3 Å². The first-order valence-corrected chi connectivity index (χ1v) is 16.5. The fourth-order valence-corrected chi connectivity index (χ4v) is 8.20. The zero-order chi connectivity index (χ0) is 32.4. The highest BCUT2D eigenvalue weighted by Gasteiger charge is 2.46. The third kappa shape index (κ3) is 4.13. The van der Waals surface area contributed by atoms with Gasteiger partial charge in [-0.15, -0.1) is 0 Å². The van der Waals surface area contributed by atoms with E-state index in [1.807, 2.05) is 24.3 Å². The minimum Gasteiger partial charge on any atom is -0.332 e. The summed E-state index contributed by atoms with van der Waals surface area (Å²) in [6.07, 6.45) is 0. The predicted octanol–water partition coefficient (Wildman–Crippen LogP) is 12.1. The van der Waals surface area contributed by atoms with Crippen molar-refractivity contribution in [3.63, 3.8) is 0 Å². The number of rotatable bonds is 5. The van der Waals surface area contributed by atoms with Crippen molar-refractivity contribution in [3.05, 3.63) is 174 Å². The van der Waals surface area contributed by atoms with E-state index in [9.17, 15) is 5.26 Å². The van der Waals surface area contributed by atoms with E-state index in [0.29, 0.717) is 5.56 Å². The van der Waals surface area contributed by atoms with E-state index in [1.165, 1.54) is 54.8 Å². The van der Waals surface area contributed by atoms with E-state index < -0.39 is 0 Å². The lowest BCUT2D eigenvalue weighted by atomic mass is 9.77. The molecule has 1 aliphatic rings. The molecular formula is C45H33N3. The Hall–Kier alpha value is -6.11. The monoisotopic (exact) mass is 615 g/mol. The van der Waals surface area contributed by atoms with Gasteiger partial charge in [0.15, 0.2) is 0 Å². The lowest BCUT2D eigenvalue weighted by molar-refractivity contribution is 0.449. The van der Waals surface area contributed by atoms with Crippen molar-refractivity contribution in [1.82, 2.24) is 0 Å². The van der Waals surface area contributed by atoms with Crippen molar-refractivity contribution in [2.75, 3.05) is 9.80 Å². The molecule has 0 radical (unpaired) electrons. The molecule has 3 heteroatoms. The summed E-state index contributed by atoms with van der Waals surface area (Å²) in [5, 5.41) is 17.2. The van der Waals surface area contributed by atoms with Crippen LogP contribution in [0.4, 0.5) is 28.4 Å². The second-order valence-corrected chi connectivity index (χ2v) is 13.3. The molecule has 1 atom stereocenters. The molecule has 0 aliphatic carbocycles. The Bertz CT molecular complexity index is 2510. The molecule has 0 aromatic heterocycles. The SMILES string of the molecule is CC1(C)c2ccccc2N(c2ccc3ccc4c(N(c5ccccc5)c5cccc(C#N)c5)ccc5ccc2c3c54)C1c1ccccc1. The van der Waals surface area contributed by atoms with E-state index in [0.717, 1.165) is 17.1 Å². The van der Waals surface area contributed by atoms with Crippen LogP contribution < -0.4 is 9.80 Å². The molecule has 8 aromatic rings. The first kappa shape index (κ1) is 28.1. The molecule has 48 heavy (non-hydrogen) atoms. The fraction of sp³-hybridized carbons (Fsp3) is 0.0889. The van der Waals surface area contributed by atoms with E-state index >= 15 is 0 Å². The van der Waals surface area contributed by atoms with E-state index in [-0.39, 0.29) is 11.5 Å². The normalized spacial score (nSPS) is 15.2. The van der Waals surface area contributed by atoms with Gasteiger partial charge in [-0.2, -0.15) is 5.26 Å². The molecule has 0 saturated carbocycles. The second kappa shape index (κ2) is 10.7. The average molecular weight is 616 g/mol. The largest absolute Gasteiger partial charge is 0.332 e. The number of nitrogens with zero attached hydrogens (tertiary/aromatic N) is 3. The summed E-state index contributed by atoms with van der Waals surface area (Å²) >= 11 is 0. The second-order valence-electron chi connectivity index (χ2n) is 13.3. The van der Waals surface area contributed by atoms with Crippen molar-refractivity contribution in [2.45, 2.75) is 25.3 Å². The van der Waals surface area contributed by atoms with Crippen LogP contribution in [0.3, 0.4) is 0 Å². The number of nitriles is 1. The summed E-state index contributed by atoms with van der Waals surface area (Å²) in [5.41, 5.74) is 8.77. The molecule has 0 bridgehead atoms. The van der Waals surface area contributed by atoms with Crippen LogP contribution in [0.1, 0.15) is 36.6 Å². The lowest BCUT2D eigenvalue weighted by Gasteiger charge is -2.36. The molecule has 8 aromatic carbocycles. The summed E-state index contributed by atoms with van der Waals surface area (Å²) in [4.78, 5) is 4.86. The van der Waals surface area contributed by atoms with Crippen LogP contribution in [-0.2, 0) is 5.41 Å². The Balaban J connectivity index is 1.32. The van der Waals surface area contributed by atoms with E-state index in [1.54, 1.807) is 0 Å². The molecule has 0 N–H and O–H groups in total. The molecule has 228 valence electrons. The van der Waals surface area contributed by atoms with Gasteiger partial charge < -0.3 is 9.80 Å². The molecule has 0 fully saturated rings. The molecule has 1 heterocycles. The molecule has 1 unspecified atom stereocenters. The first-order valence-electron chi connectivity index (χ1n) is 16.5. The van der Waals surface area contributed by atoms with Crippen LogP contribution in [0.15, 0.2) is 158 Å². The van der Waals surface area contributed by atoms with Gasteiger partial charge in [-0.3, -0.25) is 0 Å². The predicted molar refractivity (Wildman–Crippen MR) is 200 cm³/mol. The number of hydrogen-bond acceptors (Lipinski definition) is 3. The van der Waals surface area contributed by atoms with Gasteiger partial charge in [0.05, 0.1) is 23.4 Å². The van der Waals surface area contributed by atoms with Crippen molar-refractivity contribution in [3.8, 4) is 6.07 Å². The molecule has 1 aliphatic heterocycles. The molecule has 9 rings (SSSR count). The third-order valence-electron chi connectivity index (χ3n) is 10.3. The molecule has 0 saturated heterocycles. The molecule has 0 spiro atoms. The average Bonchev–Trinajstić information content (AvgIpc) is 3.38. The van der Waals surface area contributed by atoms with Gasteiger partial charge >= 0.3 is 0 Å². The topological polar surface area (TPSA) is 30.3 Å². The third-order valence-corrected chi connectivity index (χ3v) is 10.3. The summed E-state index contributed by atoms with van der Waals surface area (Å²) in [6.45, 7) is 4.76. The number of para-hydroxylation sites is 2. The minimum atomic E-state index is -0.108. The highest BCUT2D eigenvalue weighted by Crippen LogP contribution is 2.57. The van der Waals surface area contributed by atoms with E-state index in [4.69, 9.17) is 0 Å². The standard InChI is InChI=1S/C45H33N3/c1-45(2)38-18-9-10-19-41(38)48(44(45)33-13-5-3-6-14-33)40-27-23-32-20-24-36-39(26-22-31-21-25-37(40)43(32)42(31)36)47(34-15-7-4-8-16-34)35-17-11-12-30(28-35)29-46/h3-28,44H,1-2H3. The Labute approximate surface area is 280 Å². The highest BCUT2D eigenvalue weighted by atomic mass is 15.2. The van der Waals surface area contributed by atoms with Crippen molar-refractivity contribution in [2.24, 2.45) is 0 Å². The van der Waals surface area contributed by atoms with Crippen LogP contribution in [0.25, 0.3) is 32.3 Å². The fourth-order valence-electron chi connectivity index (χ4n) is 8.20. The highest BCUT2D eigenvalue weighted by molar-refractivity contribution is 6.28. The number of anilines is 5. The van der Waals surface area contributed by atoms with Crippen LogP contribution in [0.5, 0.6) is 0 Å². The van der Waals surface area contributed by atoms with Gasteiger partial charge in [-0.25, -0.2) is 0 Å². The lowest BCUT2D eigenvalue weighted by Crippen LogP contribution is -2.31. The quantitative estimate of drug-likeness (QED) is 0.180. The van der Waals surface area contributed by atoms with Gasteiger partial charge in [0, 0.05) is 38.9 Å². The summed E-state index contributed by atoms with van der Waals surface area (Å²) < 4.78 is 0. The van der Waals surface area contributed by atoms with Crippen LogP contribution in [-0.4, -0.2) is 0 Å². The Morgan fingerprint density at radius 1 is 0.583 bits per heavy atom. The smallest absolute Gasteiger partial charge is 0.0992 e. The molecular weight excluding hydrogens is 583 g/mol. The van der Waals surface area contributed by atoms with Crippen molar-refractivity contribution in [1.29, 1.82) is 5.26 Å². The zero-order valence-electron chi connectivity index (χ0n) is 26.9. The van der Waals surface area contributed by atoms with Gasteiger partial charge in [0.25, 0.3) is 0 Å². The van der Waals surface area contributed by atoms with Crippen molar-refractivity contribution >= 4 is 60.8 Å². The Morgan fingerprint density at radius 2 is 1.21 bits per heavy atom. The Kier molecular flexibility index (Phi) is 6.29. The summed E-state index contributed by atoms with van der Waals surface area (Å²) in [6, 6.07) is 58.9. The van der Waals surface area contributed by atoms with Gasteiger partial charge in [-0.05, 0) is 81.2 Å². The van der Waals surface area contributed by atoms with Crippen LogP contribution in [0.2, 0.25) is 0 Å². The minimum absolute atomic E-state index is 0.108. The number of hydrogen-bond donors (Lipinski definition) is 0. The maximum absolute atomic E-state index is 9.77. The summed E-state index contributed by atoms with van der Waals surface area (Å²) in [7, 11) is 0. The Morgan fingerprint density at radius 3 is 1.98 bits per heavy atom. The molecule has 0 amide bonds. The van der Waals surface area contributed by atoms with E-state index in [2.05, 4.69) is 163 Å². The zero-order valence-corrected chi connectivity index (χ0v) is 26.9. The number of fused-ring (bicyclic) bond motifs is 1. The maximum atomic E-state index is 9.77. The van der Waals surface area contributed by atoms with Crippen LogP contribution >= 0.6 is 0 Å². The van der Waals surface area contributed by atoms with Gasteiger partial charge in [-0.1, -0.05) is 123 Å².